The van der Waals surface area contributed by atoms with Gasteiger partial charge in [0.1, 0.15) is 0 Å². The Morgan fingerprint density at radius 3 is 2.26 bits per heavy atom. The molecular weight excluding hydrogens is 410 g/mol. The summed E-state index contributed by atoms with van der Waals surface area (Å²) in [6.07, 6.45) is 13.0. The van der Waals surface area contributed by atoms with Gasteiger partial charge < -0.3 is 5.32 Å². The highest BCUT2D eigenvalue weighted by molar-refractivity contribution is 7.89. The zero-order chi connectivity index (χ0) is 21.7. The Labute approximate surface area is 187 Å². The Balaban J connectivity index is 1.27. The number of nitrogens with one attached hydrogen (secondary N) is 2. The number of nitrogens with zero attached hydrogens (tertiary/aromatic N) is 1. The zero-order valence-corrected chi connectivity index (χ0v) is 19.4. The minimum Gasteiger partial charge on any atom is -0.354 e. The van der Waals surface area contributed by atoms with E-state index in [0.29, 0.717) is 17.7 Å². The molecule has 0 bridgehead atoms. The normalized spacial score (nSPS) is 22.2. The molecule has 31 heavy (non-hydrogen) atoms. The number of hydrogen-bond acceptors (Lipinski definition) is 4. The highest BCUT2D eigenvalue weighted by Crippen LogP contribution is 2.35. The summed E-state index contributed by atoms with van der Waals surface area (Å²) >= 11 is 0. The molecule has 6 nitrogen and oxygen atoms in total. The standard InChI is InChI=1S/C24H37N3O3S/c28-23(25-19-24(15-3-1-4-16-24)27-17-5-2-6-18-27)14-9-20-7-12-22(13-8-20)31(29,30)26-21-10-11-21/h7-8,12-13,21,26H,1-6,9-11,14-19H2,(H,25,28). The largest absolute Gasteiger partial charge is 0.354 e. The number of aryl methyl sites for hydroxylation is 1. The Hall–Kier alpha value is -1.44. The predicted molar refractivity (Wildman–Crippen MR) is 122 cm³/mol. The molecule has 3 fully saturated rings. The molecule has 1 aromatic carbocycles. The Kier molecular flexibility index (Phi) is 7.34. The molecule has 172 valence electrons. The molecule has 1 aliphatic heterocycles. The monoisotopic (exact) mass is 447 g/mol. The van der Waals surface area contributed by atoms with E-state index in [0.717, 1.165) is 24.9 Å². The van der Waals surface area contributed by atoms with Gasteiger partial charge in [0, 0.05) is 24.5 Å². The zero-order valence-electron chi connectivity index (χ0n) is 18.6. The number of piperidine rings is 1. The number of amides is 1. The third-order valence-corrected chi connectivity index (χ3v) is 8.74. The first kappa shape index (κ1) is 22.7. The molecule has 3 aliphatic rings. The molecule has 1 heterocycles. The highest BCUT2D eigenvalue weighted by atomic mass is 32.2. The van der Waals surface area contributed by atoms with Crippen LogP contribution in [-0.4, -0.2) is 50.4 Å². The molecule has 1 aromatic rings. The van der Waals surface area contributed by atoms with Gasteiger partial charge in [-0.25, -0.2) is 13.1 Å². The summed E-state index contributed by atoms with van der Waals surface area (Å²) in [4.78, 5) is 15.6. The number of rotatable bonds is 9. The molecule has 7 heteroatoms. The molecule has 0 spiro atoms. The number of hydrogen-bond donors (Lipinski definition) is 2. The van der Waals surface area contributed by atoms with Crippen molar-refractivity contribution >= 4 is 15.9 Å². The number of benzene rings is 1. The van der Waals surface area contributed by atoms with Crippen LogP contribution in [0, 0.1) is 0 Å². The Bertz CT molecular complexity index is 837. The van der Waals surface area contributed by atoms with Gasteiger partial charge in [-0.3, -0.25) is 9.69 Å². The molecule has 2 N–H and O–H groups in total. The van der Waals surface area contributed by atoms with E-state index in [-0.39, 0.29) is 17.5 Å². The summed E-state index contributed by atoms with van der Waals surface area (Å²) in [6.45, 7) is 3.09. The average Bonchev–Trinajstić information content (AvgIpc) is 3.61. The fraction of sp³-hybridized carbons (Fsp3) is 0.708. The first-order valence-electron chi connectivity index (χ1n) is 12.1. The second-order valence-electron chi connectivity index (χ2n) is 9.65. The smallest absolute Gasteiger partial charge is 0.240 e. The van der Waals surface area contributed by atoms with Gasteiger partial charge in [-0.2, -0.15) is 0 Å². The first-order chi connectivity index (χ1) is 15.0. The van der Waals surface area contributed by atoms with Gasteiger partial charge in [0.25, 0.3) is 0 Å². The highest BCUT2D eigenvalue weighted by Gasteiger charge is 2.38. The van der Waals surface area contributed by atoms with E-state index in [1.165, 1.54) is 64.5 Å². The summed E-state index contributed by atoms with van der Waals surface area (Å²) in [5, 5.41) is 3.24. The van der Waals surface area contributed by atoms with E-state index < -0.39 is 10.0 Å². The van der Waals surface area contributed by atoms with Crippen molar-refractivity contribution in [3.05, 3.63) is 29.8 Å². The summed E-state index contributed by atoms with van der Waals surface area (Å²) in [6, 6.07) is 7.04. The van der Waals surface area contributed by atoms with Gasteiger partial charge in [0.05, 0.1) is 4.90 Å². The molecule has 0 radical (unpaired) electrons. The fourth-order valence-electron chi connectivity index (χ4n) is 5.12. The lowest BCUT2D eigenvalue weighted by molar-refractivity contribution is -0.122. The second-order valence-corrected chi connectivity index (χ2v) is 11.4. The molecule has 1 saturated heterocycles. The van der Waals surface area contributed by atoms with Crippen molar-refractivity contribution in [1.29, 1.82) is 0 Å². The van der Waals surface area contributed by atoms with Crippen molar-refractivity contribution in [2.75, 3.05) is 19.6 Å². The van der Waals surface area contributed by atoms with Crippen molar-refractivity contribution in [2.45, 2.75) is 93.5 Å². The second kappa shape index (κ2) is 10.0. The maximum atomic E-state index is 12.6. The minimum atomic E-state index is -3.42. The Morgan fingerprint density at radius 2 is 1.61 bits per heavy atom. The van der Waals surface area contributed by atoms with Crippen LogP contribution in [-0.2, 0) is 21.2 Å². The SMILES string of the molecule is O=C(CCc1ccc(S(=O)(=O)NC2CC2)cc1)NCC1(N2CCCCC2)CCCCC1. The number of sulfonamides is 1. The van der Waals surface area contributed by atoms with Crippen LogP contribution in [0.5, 0.6) is 0 Å². The molecule has 0 atom stereocenters. The number of carbonyl (C=O) groups is 1. The lowest BCUT2D eigenvalue weighted by Crippen LogP contribution is -2.58. The van der Waals surface area contributed by atoms with Gasteiger partial charge in [0.15, 0.2) is 0 Å². The topological polar surface area (TPSA) is 78.5 Å². The summed E-state index contributed by atoms with van der Waals surface area (Å²) in [5.74, 6) is 0.0917. The summed E-state index contributed by atoms with van der Waals surface area (Å²) < 4.78 is 27.3. The van der Waals surface area contributed by atoms with Crippen molar-refractivity contribution in [3.63, 3.8) is 0 Å². The van der Waals surface area contributed by atoms with Crippen LogP contribution in [0.1, 0.15) is 76.2 Å². The van der Waals surface area contributed by atoms with Gasteiger partial charge >= 0.3 is 0 Å². The van der Waals surface area contributed by atoms with E-state index in [1.54, 1.807) is 12.1 Å². The van der Waals surface area contributed by atoms with Crippen molar-refractivity contribution in [3.8, 4) is 0 Å². The van der Waals surface area contributed by atoms with E-state index in [9.17, 15) is 13.2 Å². The van der Waals surface area contributed by atoms with E-state index in [4.69, 9.17) is 0 Å². The molecule has 2 aliphatic carbocycles. The van der Waals surface area contributed by atoms with Crippen molar-refractivity contribution in [2.24, 2.45) is 0 Å². The van der Waals surface area contributed by atoms with Crippen LogP contribution in [0.3, 0.4) is 0 Å². The molecule has 0 aromatic heterocycles. The fourth-order valence-corrected chi connectivity index (χ4v) is 6.42. The van der Waals surface area contributed by atoms with Gasteiger partial charge in [0.2, 0.25) is 15.9 Å². The van der Waals surface area contributed by atoms with E-state index >= 15 is 0 Å². The van der Waals surface area contributed by atoms with E-state index in [1.807, 2.05) is 12.1 Å². The summed E-state index contributed by atoms with van der Waals surface area (Å²) in [7, 11) is -3.42. The molecule has 0 unspecified atom stereocenters. The van der Waals surface area contributed by atoms with Crippen LogP contribution in [0.25, 0.3) is 0 Å². The first-order valence-corrected chi connectivity index (χ1v) is 13.6. The van der Waals surface area contributed by atoms with Crippen LogP contribution >= 0.6 is 0 Å². The van der Waals surface area contributed by atoms with Crippen molar-refractivity contribution < 1.29 is 13.2 Å². The molecule has 2 saturated carbocycles. The predicted octanol–water partition coefficient (Wildman–Crippen LogP) is 3.36. The minimum absolute atomic E-state index is 0.0917. The Morgan fingerprint density at radius 1 is 0.968 bits per heavy atom. The maximum Gasteiger partial charge on any atom is 0.240 e. The third-order valence-electron chi connectivity index (χ3n) is 7.20. The van der Waals surface area contributed by atoms with E-state index in [2.05, 4.69) is 14.9 Å². The number of likely N-dealkylation sites (tertiary alicyclic amines) is 1. The van der Waals surface area contributed by atoms with Gasteiger partial charge in [-0.1, -0.05) is 37.8 Å². The van der Waals surface area contributed by atoms with Crippen LogP contribution in [0.4, 0.5) is 0 Å². The van der Waals surface area contributed by atoms with Crippen LogP contribution < -0.4 is 10.0 Å². The van der Waals surface area contributed by atoms with Gasteiger partial charge in [-0.05, 0) is 75.7 Å². The van der Waals surface area contributed by atoms with Crippen LogP contribution in [0.15, 0.2) is 29.2 Å². The quantitative estimate of drug-likeness (QED) is 0.608. The lowest BCUT2D eigenvalue weighted by Gasteiger charge is -2.48. The van der Waals surface area contributed by atoms with Gasteiger partial charge in [-0.15, -0.1) is 0 Å². The molecular formula is C24H37N3O3S. The third kappa shape index (κ3) is 6.08. The maximum absolute atomic E-state index is 12.6. The van der Waals surface area contributed by atoms with Crippen LogP contribution in [0.2, 0.25) is 0 Å². The summed E-state index contributed by atoms with van der Waals surface area (Å²) in [5.41, 5.74) is 1.14. The lowest BCUT2D eigenvalue weighted by atomic mass is 9.79. The average molecular weight is 448 g/mol. The number of carbonyl (C=O) groups excluding carboxylic acids is 1. The molecule has 4 rings (SSSR count). The van der Waals surface area contributed by atoms with Crippen molar-refractivity contribution in [1.82, 2.24) is 14.9 Å². The molecule has 1 amide bonds.